The highest BCUT2D eigenvalue weighted by molar-refractivity contribution is 5.55. The van der Waals surface area contributed by atoms with Crippen LogP contribution in [0.5, 0.6) is 0 Å². The highest BCUT2D eigenvalue weighted by Gasteiger charge is 2.03. The molecule has 0 aromatic carbocycles. The van der Waals surface area contributed by atoms with E-state index in [1.54, 1.807) is 12.4 Å². The van der Waals surface area contributed by atoms with E-state index >= 15 is 0 Å². The zero-order valence-corrected chi connectivity index (χ0v) is 6.61. The summed E-state index contributed by atoms with van der Waals surface area (Å²) in [6.45, 7) is 0. The Morgan fingerprint density at radius 1 is 1.50 bits per heavy atom. The molecule has 0 aliphatic rings. The van der Waals surface area contributed by atoms with E-state index in [4.69, 9.17) is 0 Å². The van der Waals surface area contributed by atoms with Crippen LogP contribution in [0, 0.1) is 0 Å². The Balaban J connectivity index is 2.38. The normalized spacial score (nSPS) is 12.4. The Bertz CT molecular complexity index is 238. The molecule has 1 atom stereocenters. The molecule has 3 heteroatoms. The van der Waals surface area contributed by atoms with Gasteiger partial charge in [0.15, 0.2) is 12.5 Å². The number of aldehydes is 1. The summed E-state index contributed by atoms with van der Waals surface area (Å²) in [4.78, 5) is 13.8. The van der Waals surface area contributed by atoms with Crippen molar-refractivity contribution in [1.82, 2.24) is 4.98 Å². The van der Waals surface area contributed by atoms with Crippen LogP contribution in [0.25, 0.3) is 0 Å². The number of hydrogen-bond acceptors (Lipinski definition) is 2. The fourth-order valence-corrected chi connectivity index (χ4v) is 0.922. The SMILES string of the molecule is O=CC(F)CCc1ccncc1. The predicted octanol–water partition coefficient (Wildman–Crippen LogP) is 1.55. The lowest BCUT2D eigenvalue weighted by Gasteiger charge is -1.99. The Morgan fingerprint density at radius 2 is 2.17 bits per heavy atom. The molecule has 0 saturated heterocycles. The maximum atomic E-state index is 12.4. The fraction of sp³-hybridized carbons (Fsp3) is 0.333. The topological polar surface area (TPSA) is 30.0 Å². The van der Waals surface area contributed by atoms with Gasteiger partial charge in [0.2, 0.25) is 0 Å². The number of rotatable bonds is 4. The van der Waals surface area contributed by atoms with Crippen LogP contribution < -0.4 is 0 Å². The van der Waals surface area contributed by atoms with E-state index in [0.717, 1.165) is 5.56 Å². The first-order valence-corrected chi connectivity index (χ1v) is 3.81. The van der Waals surface area contributed by atoms with Gasteiger partial charge in [-0.1, -0.05) is 0 Å². The van der Waals surface area contributed by atoms with Crippen molar-refractivity contribution in [2.45, 2.75) is 19.0 Å². The van der Waals surface area contributed by atoms with Gasteiger partial charge in [-0.05, 0) is 30.5 Å². The summed E-state index contributed by atoms with van der Waals surface area (Å²) in [5, 5.41) is 0. The second-order valence-electron chi connectivity index (χ2n) is 2.55. The smallest absolute Gasteiger partial charge is 0.155 e. The van der Waals surface area contributed by atoms with Gasteiger partial charge in [0.1, 0.15) is 0 Å². The van der Waals surface area contributed by atoms with Crippen molar-refractivity contribution >= 4 is 6.29 Å². The van der Waals surface area contributed by atoms with E-state index in [2.05, 4.69) is 4.98 Å². The van der Waals surface area contributed by atoms with Crippen molar-refractivity contribution in [1.29, 1.82) is 0 Å². The number of carbonyl (C=O) groups excluding carboxylic acids is 1. The van der Waals surface area contributed by atoms with Crippen molar-refractivity contribution in [2.75, 3.05) is 0 Å². The molecule has 0 spiro atoms. The Kier molecular flexibility index (Phi) is 3.38. The number of carbonyl (C=O) groups is 1. The minimum Gasteiger partial charge on any atom is -0.300 e. The van der Waals surface area contributed by atoms with Gasteiger partial charge < -0.3 is 4.79 Å². The number of aromatic nitrogens is 1. The Hall–Kier alpha value is -1.25. The molecule has 2 nitrogen and oxygen atoms in total. The molecule has 0 amide bonds. The monoisotopic (exact) mass is 167 g/mol. The van der Waals surface area contributed by atoms with Crippen molar-refractivity contribution < 1.29 is 9.18 Å². The van der Waals surface area contributed by atoms with Crippen LogP contribution in [-0.4, -0.2) is 17.4 Å². The summed E-state index contributed by atoms with van der Waals surface area (Å²) in [6, 6.07) is 3.63. The molecule has 1 aromatic heterocycles. The molecule has 1 rings (SSSR count). The number of alkyl halides is 1. The molecule has 0 bridgehead atoms. The zero-order chi connectivity index (χ0) is 8.81. The standard InChI is InChI=1S/C9H10FNO/c10-9(7-12)2-1-8-3-5-11-6-4-8/h3-7,9H,1-2H2. The third kappa shape index (κ3) is 2.78. The molecule has 0 aliphatic carbocycles. The van der Waals surface area contributed by atoms with Crippen molar-refractivity contribution in [3.05, 3.63) is 30.1 Å². The van der Waals surface area contributed by atoms with Gasteiger partial charge in [-0.3, -0.25) is 4.98 Å². The molecule has 12 heavy (non-hydrogen) atoms. The lowest BCUT2D eigenvalue weighted by molar-refractivity contribution is -0.112. The Morgan fingerprint density at radius 3 is 2.75 bits per heavy atom. The molecule has 1 unspecified atom stereocenters. The number of hydrogen-bond donors (Lipinski definition) is 0. The van der Waals surface area contributed by atoms with Crippen LogP contribution in [0.1, 0.15) is 12.0 Å². The minimum absolute atomic E-state index is 0.257. The molecule has 1 heterocycles. The van der Waals surface area contributed by atoms with Gasteiger partial charge in [-0.2, -0.15) is 0 Å². The third-order valence-corrected chi connectivity index (χ3v) is 1.61. The summed E-state index contributed by atoms with van der Waals surface area (Å²) in [7, 11) is 0. The molecule has 0 radical (unpaired) electrons. The molecule has 0 fully saturated rings. The summed E-state index contributed by atoms with van der Waals surface area (Å²) in [5.74, 6) is 0. The summed E-state index contributed by atoms with van der Waals surface area (Å²) in [5.41, 5.74) is 1.01. The summed E-state index contributed by atoms with van der Waals surface area (Å²) < 4.78 is 12.4. The molecular weight excluding hydrogens is 157 g/mol. The lowest BCUT2D eigenvalue weighted by Crippen LogP contribution is -2.02. The van der Waals surface area contributed by atoms with E-state index in [1.165, 1.54) is 0 Å². The molecule has 0 N–H and O–H groups in total. The molecular formula is C9H10FNO. The average Bonchev–Trinajstić information content (AvgIpc) is 2.16. The van der Waals surface area contributed by atoms with Crippen LogP contribution in [0.15, 0.2) is 24.5 Å². The predicted molar refractivity (Wildman–Crippen MR) is 43.5 cm³/mol. The molecule has 1 aromatic rings. The highest BCUT2D eigenvalue weighted by Crippen LogP contribution is 2.04. The van der Waals surface area contributed by atoms with E-state index in [1.807, 2.05) is 12.1 Å². The quantitative estimate of drug-likeness (QED) is 0.637. The molecule has 0 saturated carbocycles. The van der Waals surface area contributed by atoms with Crippen LogP contribution in [0.3, 0.4) is 0 Å². The molecule has 64 valence electrons. The summed E-state index contributed by atoms with van der Waals surface area (Å²) >= 11 is 0. The zero-order valence-electron chi connectivity index (χ0n) is 6.61. The van der Waals surface area contributed by atoms with Gasteiger partial charge in [0, 0.05) is 12.4 Å². The average molecular weight is 167 g/mol. The van der Waals surface area contributed by atoms with Crippen molar-refractivity contribution in [2.24, 2.45) is 0 Å². The van der Waals surface area contributed by atoms with E-state index < -0.39 is 6.17 Å². The van der Waals surface area contributed by atoms with Gasteiger partial charge in [0.05, 0.1) is 0 Å². The van der Waals surface area contributed by atoms with E-state index in [9.17, 15) is 9.18 Å². The Labute approximate surface area is 70.4 Å². The number of halogens is 1. The van der Waals surface area contributed by atoms with Crippen LogP contribution in [0.2, 0.25) is 0 Å². The second kappa shape index (κ2) is 4.59. The lowest BCUT2D eigenvalue weighted by atomic mass is 10.1. The number of nitrogens with zero attached hydrogens (tertiary/aromatic N) is 1. The first-order valence-electron chi connectivity index (χ1n) is 3.81. The second-order valence-corrected chi connectivity index (χ2v) is 2.55. The fourth-order valence-electron chi connectivity index (χ4n) is 0.922. The van der Waals surface area contributed by atoms with Gasteiger partial charge in [-0.15, -0.1) is 0 Å². The maximum absolute atomic E-state index is 12.4. The first kappa shape index (κ1) is 8.84. The van der Waals surface area contributed by atoms with Crippen LogP contribution in [-0.2, 0) is 11.2 Å². The van der Waals surface area contributed by atoms with Crippen molar-refractivity contribution in [3.8, 4) is 0 Å². The van der Waals surface area contributed by atoms with E-state index in [-0.39, 0.29) is 6.42 Å². The minimum atomic E-state index is -1.34. The highest BCUT2D eigenvalue weighted by atomic mass is 19.1. The van der Waals surface area contributed by atoms with Crippen LogP contribution in [0.4, 0.5) is 4.39 Å². The first-order chi connectivity index (χ1) is 5.83. The van der Waals surface area contributed by atoms with E-state index in [0.29, 0.717) is 12.7 Å². The molecule has 0 aliphatic heterocycles. The number of pyridine rings is 1. The largest absolute Gasteiger partial charge is 0.300 e. The van der Waals surface area contributed by atoms with Crippen molar-refractivity contribution in [3.63, 3.8) is 0 Å². The van der Waals surface area contributed by atoms with Crippen LogP contribution >= 0.6 is 0 Å². The third-order valence-electron chi connectivity index (χ3n) is 1.61. The van der Waals surface area contributed by atoms with Gasteiger partial charge in [0.25, 0.3) is 0 Å². The maximum Gasteiger partial charge on any atom is 0.155 e. The van der Waals surface area contributed by atoms with Gasteiger partial charge >= 0.3 is 0 Å². The summed E-state index contributed by atoms with van der Waals surface area (Å²) in [6.07, 6.45) is 3.16. The number of aryl methyl sites for hydroxylation is 1. The van der Waals surface area contributed by atoms with Gasteiger partial charge in [-0.25, -0.2) is 4.39 Å².